The summed E-state index contributed by atoms with van der Waals surface area (Å²) in [5, 5.41) is 11.0. The molecule has 0 aliphatic carbocycles. The van der Waals surface area contributed by atoms with Gasteiger partial charge in [0, 0.05) is 0 Å². The third-order valence-corrected chi connectivity index (χ3v) is 2.00. The number of hydrogen-bond donors (Lipinski definition) is 1. The first-order valence-electron chi connectivity index (χ1n) is 5.15. The van der Waals surface area contributed by atoms with Crippen molar-refractivity contribution in [2.75, 3.05) is 6.61 Å². The van der Waals surface area contributed by atoms with Gasteiger partial charge >= 0.3 is 0 Å². The van der Waals surface area contributed by atoms with Crippen molar-refractivity contribution in [1.82, 2.24) is 5.32 Å². The van der Waals surface area contributed by atoms with Gasteiger partial charge in [-0.1, -0.05) is 18.1 Å². The molecular formula is C13H11FN2O2. The summed E-state index contributed by atoms with van der Waals surface area (Å²) in [4.78, 5) is 11.6. The summed E-state index contributed by atoms with van der Waals surface area (Å²) in [5.41, 5.74) is -0.136. The molecule has 0 saturated carbocycles. The average Bonchev–Trinajstić information content (AvgIpc) is 2.38. The minimum atomic E-state index is -1.15. The lowest BCUT2D eigenvalue weighted by molar-refractivity contribution is 0.0681. The van der Waals surface area contributed by atoms with Crippen molar-refractivity contribution in [2.45, 2.75) is 13.2 Å². The SMILES string of the molecule is CC#CCOC(C#N)NC(=O)c1ccccc1F. The number of carbonyl (C=O) groups excluding carboxylic acids is 1. The first kappa shape index (κ1) is 13.7. The van der Waals surface area contributed by atoms with E-state index in [1.165, 1.54) is 24.3 Å². The number of hydrogen-bond acceptors (Lipinski definition) is 3. The van der Waals surface area contributed by atoms with Gasteiger partial charge in [-0.15, -0.1) is 5.92 Å². The van der Waals surface area contributed by atoms with Crippen LogP contribution in [0.15, 0.2) is 24.3 Å². The van der Waals surface area contributed by atoms with E-state index in [1.54, 1.807) is 13.0 Å². The van der Waals surface area contributed by atoms with Crippen LogP contribution < -0.4 is 5.32 Å². The van der Waals surface area contributed by atoms with Crippen molar-refractivity contribution in [2.24, 2.45) is 0 Å². The Balaban J connectivity index is 2.65. The zero-order chi connectivity index (χ0) is 13.4. The molecule has 0 heterocycles. The molecule has 0 fully saturated rings. The lowest BCUT2D eigenvalue weighted by atomic mass is 10.2. The molecule has 0 radical (unpaired) electrons. The standard InChI is InChI=1S/C13H11FN2O2/c1-2-3-8-18-12(9-15)16-13(17)10-6-4-5-7-11(10)14/h4-7,12H,8H2,1H3,(H,16,17). The van der Waals surface area contributed by atoms with E-state index in [-0.39, 0.29) is 12.2 Å². The Kier molecular flexibility index (Phi) is 5.37. The van der Waals surface area contributed by atoms with Crippen molar-refractivity contribution in [3.63, 3.8) is 0 Å². The van der Waals surface area contributed by atoms with Gasteiger partial charge < -0.3 is 10.1 Å². The van der Waals surface area contributed by atoms with Crippen LogP contribution >= 0.6 is 0 Å². The first-order valence-corrected chi connectivity index (χ1v) is 5.15. The zero-order valence-corrected chi connectivity index (χ0v) is 9.74. The number of nitriles is 1. The van der Waals surface area contributed by atoms with Crippen LogP contribution in [0.3, 0.4) is 0 Å². The fraction of sp³-hybridized carbons (Fsp3) is 0.231. The number of carbonyl (C=O) groups is 1. The minimum absolute atomic E-state index is 0.0201. The number of amides is 1. The molecule has 1 aromatic carbocycles. The predicted octanol–water partition coefficient (Wildman–Crippen LogP) is 1.45. The highest BCUT2D eigenvalue weighted by atomic mass is 19.1. The van der Waals surface area contributed by atoms with E-state index in [2.05, 4.69) is 17.2 Å². The number of ether oxygens (including phenoxy) is 1. The number of nitrogens with zero attached hydrogens (tertiary/aromatic N) is 1. The van der Waals surface area contributed by atoms with Gasteiger partial charge in [0.25, 0.3) is 5.91 Å². The van der Waals surface area contributed by atoms with Gasteiger partial charge in [-0.3, -0.25) is 4.79 Å². The third kappa shape index (κ3) is 3.89. The molecule has 0 saturated heterocycles. The fourth-order valence-corrected chi connectivity index (χ4v) is 1.15. The molecule has 0 spiro atoms. The van der Waals surface area contributed by atoms with E-state index in [0.29, 0.717) is 0 Å². The van der Waals surface area contributed by atoms with Gasteiger partial charge in [-0.05, 0) is 19.1 Å². The molecule has 1 amide bonds. The van der Waals surface area contributed by atoms with Crippen LogP contribution in [0.4, 0.5) is 4.39 Å². The summed E-state index contributed by atoms with van der Waals surface area (Å²) in [6.45, 7) is 1.65. The molecule has 1 N–H and O–H groups in total. The van der Waals surface area contributed by atoms with Crippen LogP contribution in [-0.4, -0.2) is 18.7 Å². The van der Waals surface area contributed by atoms with Crippen LogP contribution in [0.2, 0.25) is 0 Å². The van der Waals surface area contributed by atoms with E-state index < -0.39 is 18.0 Å². The molecular weight excluding hydrogens is 235 g/mol. The molecule has 0 aromatic heterocycles. The Labute approximate surface area is 104 Å². The Morgan fingerprint density at radius 1 is 1.56 bits per heavy atom. The second kappa shape index (κ2) is 7.05. The van der Waals surface area contributed by atoms with Crippen LogP contribution in [0.5, 0.6) is 0 Å². The molecule has 0 bridgehead atoms. The highest BCUT2D eigenvalue weighted by Crippen LogP contribution is 2.06. The number of benzene rings is 1. The van der Waals surface area contributed by atoms with Gasteiger partial charge in [0.2, 0.25) is 6.23 Å². The summed E-state index contributed by atoms with van der Waals surface area (Å²) in [5.74, 6) is 3.82. The lowest BCUT2D eigenvalue weighted by Gasteiger charge is -2.11. The summed E-state index contributed by atoms with van der Waals surface area (Å²) in [6.07, 6.45) is -1.15. The van der Waals surface area contributed by atoms with E-state index in [4.69, 9.17) is 10.00 Å². The Morgan fingerprint density at radius 3 is 2.89 bits per heavy atom. The van der Waals surface area contributed by atoms with Crippen LogP contribution in [0, 0.1) is 29.0 Å². The zero-order valence-electron chi connectivity index (χ0n) is 9.74. The quantitative estimate of drug-likeness (QED) is 0.646. The lowest BCUT2D eigenvalue weighted by Crippen LogP contribution is -2.36. The molecule has 1 unspecified atom stereocenters. The second-order valence-electron chi connectivity index (χ2n) is 3.20. The van der Waals surface area contributed by atoms with E-state index in [9.17, 15) is 9.18 Å². The van der Waals surface area contributed by atoms with Gasteiger partial charge in [0.1, 0.15) is 18.5 Å². The highest BCUT2D eigenvalue weighted by molar-refractivity contribution is 5.94. The second-order valence-corrected chi connectivity index (χ2v) is 3.20. The minimum Gasteiger partial charge on any atom is -0.332 e. The number of nitrogens with one attached hydrogen (secondary N) is 1. The molecule has 0 aliphatic rings. The highest BCUT2D eigenvalue weighted by Gasteiger charge is 2.15. The predicted molar refractivity (Wildman–Crippen MR) is 62.7 cm³/mol. The summed E-state index contributed by atoms with van der Waals surface area (Å²) < 4.78 is 18.3. The van der Waals surface area contributed by atoms with Crippen molar-refractivity contribution >= 4 is 5.91 Å². The van der Waals surface area contributed by atoms with Crippen molar-refractivity contribution < 1.29 is 13.9 Å². The number of halogens is 1. The average molecular weight is 246 g/mol. The normalized spacial score (nSPS) is 10.7. The number of rotatable bonds is 4. The van der Waals surface area contributed by atoms with Gasteiger partial charge in [0.15, 0.2) is 0 Å². The topological polar surface area (TPSA) is 62.1 Å². The fourth-order valence-electron chi connectivity index (χ4n) is 1.15. The largest absolute Gasteiger partial charge is 0.332 e. The Bertz CT molecular complexity index is 526. The van der Waals surface area contributed by atoms with Gasteiger partial charge in [0.05, 0.1) is 5.56 Å². The Morgan fingerprint density at radius 2 is 2.28 bits per heavy atom. The third-order valence-electron chi connectivity index (χ3n) is 2.00. The van der Waals surface area contributed by atoms with Crippen LogP contribution in [0.1, 0.15) is 17.3 Å². The molecule has 1 rings (SSSR count). The molecule has 0 aliphatic heterocycles. The van der Waals surface area contributed by atoms with Crippen LogP contribution in [-0.2, 0) is 4.74 Å². The van der Waals surface area contributed by atoms with Gasteiger partial charge in [-0.2, -0.15) is 5.26 Å². The van der Waals surface area contributed by atoms with Gasteiger partial charge in [-0.25, -0.2) is 4.39 Å². The molecule has 1 atom stereocenters. The van der Waals surface area contributed by atoms with E-state index in [0.717, 1.165) is 0 Å². The molecule has 18 heavy (non-hydrogen) atoms. The maximum atomic E-state index is 13.3. The summed E-state index contributed by atoms with van der Waals surface area (Å²) in [7, 11) is 0. The monoisotopic (exact) mass is 246 g/mol. The molecule has 92 valence electrons. The first-order chi connectivity index (χ1) is 8.69. The van der Waals surface area contributed by atoms with E-state index >= 15 is 0 Å². The van der Waals surface area contributed by atoms with Crippen molar-refractivity contribution in [1.29, 1.82) is 5.26 Å². The summed E-state index contributed by atoms with van der Waals surface area (Å²) in [6, 6.07) is 7.23. The van der Waals surface area contributed by atoms with E-state index in [1.807, 2.05) is 0 Å². The molecule has 5 heteroatoms. The van der Waals surface area contributed by atoms with Crippen molar-refractivity contribution in [3.05, 3.63) is 35.6 Å². The Hall–Kier alpha value is -2.37. The summed E-state index contributed by atoms with van der Waals surface area (Å²) >= 11 is 0. The molecule has 4 nitrogen and oxygen atoms in total. The molecule has 1 aromatic rings. The maximum absolute atomic E-state index is 13.3. The van der Waals surface area contributed by atoms with Crippen LogP contribution in [0.25, 0.3) is 0 Å². The smallest absolute Gasteiger partial charge is 0.257 e. The maximum Gasteiger partial charge on any atom is 0.257 e. The van der Waals surface area contributed by atoms with Crippen molar-refractivity contribution in [3.8, 4) is 17.9 Å².